The Kier molecular flexibility index (Phi) is 9.24. The van der Waals surface area contributed by atoms with Crippen LogP contribution in [0.2, 0.25) is 10.0 Å². The molecule has 0 amide bonds. The molecule has 0 N–H and O–H groups in total. The lowest BCUT2D eigenvalue weighted by Crippen LogP contribution is -2.12. The first-order chi connectivity index (χ1) is 19.1. The summed E-state index contributed by atoms with van der Waals surface area (Å²) in [6.45, 7) is 7.07. The number of halogens is 2. The number of furan rings is 2. The molecule has 0 radical (unpaired) electrons. The van der Waals surface area contributed by atoms with Gasteiger partial charge in [-0.3, -0.25) is 0 Å². The highest BCUT2D eigenvalue weighted by molar-refractivity contribution is 6.34. The molecule has 4 aromatic rings. The van der Waals surface area contributed by atoms with Crippen molar-refractivity contribution in [2.45, 2.75) is 39.9 Å². The van der Waals surface area contributed by atoms with Crippen molar-refractivity contribution in [2.24, 2.45) is 10.2 Å². The van der Waals surface area contributed by atoms with E-state index in [0.717, 1.165) is 0 Å². The molecule has 0 aliphatic rings. The quantitative estimate of drug-likeness (QED) is 0.112. The summed E-state index contributed by atoms with van der Waals surface area (Å²) in [5, 5.41) is 8.61. The van der Waals surface area contributed by atoms with Gasteiger partial charge < -0.3 is 18.3 Å². The monoisotopic (exact) mass is 580 g/mol. The third kappa shape index (κ3) is 7.28. The van der Waals surface area contributed by atoms with E-state index in [-0.39, 0.29) is 23.3 Å². The van der Waals surface area contributed by atoms with E-state index in [4.69, 9.17) is 41.5 Å². The first-order valence-electron chi connectivity index (χ1n) is 12.4. The van der Waals surface area contributed by atoms with Gasteiger partial charge in [0, 0.05) is 11.1 Å². The second kappa shape index (κ2) is 12.8. The number of rotatable bonds is 9. The van der Waals surface area contributed by atoms with E-state index >= 15 is 0 Å². The predicted molar refractivity (Wildman–Crippen MR) is 155 cm³/mol. The molecule has 2 aromatic carbocycles. The smallest absolute Gasteiger partial charge is 0.339 e. The molecule has 2 heterocycles. The highest BCUT2D eigenvalue weighted by Gasteiger charge is 2.17. The van der Waals surface area contributed by atoms with Gasteiger partial charge in [0.2, 0.25) is 0 Å². The molecule has 0 aliphatic carbocycles. The highest BCUT2D eigenvalue weighted by atomic mass is 35.5. The number of esters is 2. The minimum absolute atomic E-state index is 0.257. The number of hydrogen-bond donors (Lipinski definition) is 0. The number of benzene rings is 2. The van der Waals surface area contributed by atoms with Gasteiger partial charge in [0.15, 0.2) is 0 Å². The molecule has 0 saturated heterocycles. The van der Waals surface area contributed by atoms with Crippen molar-refractivity contribution in [2.75, 3.05) is 0 Å². The Morgan fingerprint density at radius 3 is 1.45 bits per heavy atom. The summed E-state index contributed by atoms with van der Waals surface area (Å²) in [4.78, 5) is 24.6. The molecule has 0 unspecified atom stereocenters. The maximum absolute atomic E-state index is 12.3. The van der Waals surface area contributed by atoms with Crippen LogP contribution in [0.5, 0.6) is 0 Å². The highest BCUT2D eigenvalue weighted by Crippen LogP contribution is 2.29. The summed E-state index contributed by atoms with van der Waals surface area (Å²) in [6.07, 6.45) is 2.36. The third-order valence-electron chi connectivity index (χ3n) is 5.32. The molecule has 4 rings (SSSR count). The van der Waals surface area contributed by atoms with Gasteiger partial charge >= 0.3 is 11.9 Å². The number of carbonyl (C=O) groups is 2. The van der Waals surface area contributed by atoms with Gasteiger partial charge in [-0.1, -0.05) is 23.2 Å². The Hall–Kier alpha value is -4.14. The first-order valence-corrected chi connectivity index (χ1v) is 13.1. The molecule has 0 atom stereocenters. The van der Waals surface area contributed by atoms with Gasteiger partial charge in [0.25, 0.3) is 0 Å². The lowest BCUT2D eigenvalue weighted by Gasteiger charge is -2.10. The summed E-state index contributed by atoms with van der Waals surface area (Å²) in [5.41, 5.74) is 1.84. The van der Waals surface area contributed by atoms with E-state index in [1.807, 2.05) is 0 Å². The van der Waals surface area contributed by atoms with Crippen LogP contribution in [0.4, 0.5) is 0 Å². The van der Waals surface area contributed by atoms with Crippen LogP contribution in [0.1, 0.15) is 59.9 Å². The third-order valence-corrected chi connectivity index (χ3v) is 5.98. The zero-order valence-electron chi connectivity index (χ0n) is 22.2. The van der Waals surface area contributed by atoms with Crippen molar-refractivity contribution in [3.8, 4) is 22.6 Å². The summed E-state index contributed by atoms with van der Waals surface area (Å²) < 4.78 is 22.1. The second-order valence-corrected chi connectivity index (χ2v) is 10.0. The lowest BCUT2D eigenvalue weighted by molar-refractivity contribution is 0.0367. The van der Waals surface area contributed by atoms with E-state index in [0.29, 0.717) is 44.2 Å². The fourth-order valence-electron chi connectivity index (χ4n) is 3.56. The predicted octanol–water partition coefficient (Wildman–Crippen LogP) is 8.10. The average Bonchev–Trinajstić information content (AvgIpc) is 3.56. The van der Waals surface area contributed by atoms with Crippen molar-refractivity contribution >= 4 is 47.6 Å². The Morgan fingerprint density at radius 1 is 0.675 bits per heavy atom. The molecule has 40 heavy (non-hydrogen) atoms. The number of ether oxygens (including phenoxy) is 2. The van der Waals surface area contributed by atoms with Crippen LogP contribution in [0, 0.1) is 0 Å². The van der Waals surface area contributed by atoms with Crippen molar-refractivity contribution in [1.29, 1.82) is 0 Å². The number of hydrogen-bond acceptors (Lipinski definition) is 8. The minimum atomic E-state index is -0.504. The van der Waals surface area contributed by atoms with Crippen LogP contribution >= 0.6 is 23.2 Å². The van der Waals surface area contributed by atoms with Crippen LogP contribution in [0.25, 0.3) is 22.6 Å². The first kappa shape index (κ1) is 28.9. The van der Waals surface area contributed by atoms with Crippen LogP contribution in [-0.2, 0) is 9.47 Å². The Labute approximate surface area is 241 Å². The standard InChI is InChI=1S/C30H26Cl2N2O6/c1-17(2)37-29(35)23-13-19(5-9-25(23)31)27-11-7-21(39-27)15-33-34-16-22-8-12-28(40-22)20-6-10-26(32)24(14-20)30(36)38-18(3)4/h5-18H,1-4H3/b33-15+,34-16+. The van der Waals surface area contributed by atoms with Crippen LogP contribution < -0.4 is 0 Å². The summed E-state index contributed by atoms with van der Waals surface area (Å²) >= 11 is 12.4. The topological polar surface area (TPSA) is 104 Å². The average molecular weight is 581 g/mol. The second-order valence-electron chi connectivity index (χ2n) is 9.19. The maximum Gasteiger partial charge on any atom is 0.339 e. The lowest BCUT2D eigenvalue weighted by atomic mass is 10.1. The van der Waals surface area contributed by atoms with Gasteiger partial charge in [-0.25, -0.2) is 9.59 Å². The molecule has 0 saturated carbocycles. The number of nitrogens with zero attached hydrogens (tertiary/aromatic N) is 2. The molecular weight excluding hydrogens is 555 g/mol. The SMILES string of the molecule is CC(C)OC(=O)c1cc(-c2ccc(/C=N/N=C/c3ccc(-c4ccc(Cl)c(C(=O)OC(C)C)c4)o3)o2)ccc1Cl. The van der Waals surface area contributed by atoms with Crippen molar-refractivity contribution < 1.29 is 27.9 Å². The van der Waals surface area contributed by atoms with Gasteiger partial charge in [-0.05, 0) is 88.4 Å². The summed E-state index contributed by atoms with van der Waals surface area (Å²) in [5.74, 6) is 0.949. The zero-order chi connectivity index (χ0) is 28.8. The Balaban J connectivity index is 1.43. The zero-order valence-corrected chi connectivity index (χ0v) is 23.7. The largest absolute Gasteiger partial charge is 0.459 e. The van der Waals surface area contributed by atoms with Gasteiger partial charge in [0.05, 0.1) is 45.8 Å². The summed E-state index contributed by atoms with van der Waals surface area (Å²) in [6, 6.07) is 16.9. The fraction of sp³-hybridized carbons (Fsp3) is 0.200. The Morgan fingerprint density at radius 2 is 1.07 bits per heavy atom. The summed E-state index contributed by atoms with van der Waals surface area (Å²) in [7, 11) is 0. The minimum Gasteiger partial charge on any atom is -0.459 e. The molecule has 10 heteroatoms. The molecule has 0 aliphatic heterocycles. The molecule has 8 nitrogen and oxygen atoms in total. The van der Waals surface area contributed by atoms with Gasteiger partial charge in [0.1, 0.15) is 23.0 Å². The molecule has 206 valence electrons. The maximum atomic E-state index is 12.3. The van der Waals surface area contributed by atoms with E-state index in [1.54, 1.807) is 88.4 Å². The van der Waals surface area contributed by atoms with E-state index in [1.165, 1.54) is 12.4 Å². The van der Waals surface area contributed by atoms with E-state index < -0.39 is 11.9 Å². The normalized spacial score (nSPS) is 11.7. The van der Waals surface area contributed by atoms with Crippen molar-refractivity contribution in [1.82, 2.24) is 0 Å². The van der Waals surface area contributed by atoms with E-state index in [2.05, 4.69) is 10.2 Å². The van der Waals surface area contributed by atoms with E-state index in [9.17, 15) is 9.59 Å². The fourth-order valence-corrected chi connectivity index (χ4v) is 3.95. The van der Waals surface area contributed by atoms with Crippen LogP contribution in [0.15, 0.2) is 79.7 Å². The number of carbonyl (C=O) groups excluding carboxylic acids is 2. The van der Waals surface area contributed by atoms with Crippen LogP contribution in [0.3, 0.4) is 0 Å². The molecule has 2 aromatic heterocycles. The van der Waals surface area contributed by atoms with Crippen molar-refractivity contribution in [3.05, 3.63) is 93.4 Å². The molecule has 0 fully saturated rings. The molecule has 0 spiro atoms. The van der Waals surface area contributed by atoms with Crippen molar-refractivity contribution in [3.63, 3.8) is 0 Å². The van der Waals surface area contributed by atoms with Gasteiger partial charge in [-0.15, -0.1) is 0 Å². The molecule has 0 bridgehead atoms. The van der Waals surface area contributed by atoms with Gasteiger partial charge in [-0.2, -0.15) is 10.2 Å². The molecular formula is C30H26Cl2N2O6. The van der Waals surface area contributed by atoms with Crippen LogP contribution in [-0.4, -0.2) is 36.6 Å². The Bertz CT molecular complexity index is 1460.